The highest BCUT2D eigenvalue weighted by Gasteiger charge is 2.22. The second kappa shape index (κ2) is 7.00. The molecule has 1 N–H and O–H groups in total. The molecule has 0 spiro atoms. The molecule has 17 heavy (non-hydrogen) atoms. The van der Waals surface area contributed by atoms with E-state index in [4.69, 9.17) is 5.11 Å². The van der Waals surface area contributed by atoms with Crippen molar-refractivity contribution in [2.24, 2.45) is 11.8 Å². The first-order valence-electron chi connectivity index (χ1n) is 6.96. The first-order chi connectivity index (χ1) is 8.00. The van der Waals surface area contributed by atoms with Gasteiger partial charge in [0.2, 0.25) is 0 Å². The Morgan fingerprint density at radius 2 is 2.12 bits per heavy atom. The summed E-state index contributed by atoms with van der Waals surface area (Å²) in [6, 6.07) is 0.724. The molecule has 1 rings (SSSR count). The van der Waals surface area contributed by atoms with Gasteiger partial charge in [0.25, 0.3) is 0 Å². The molecule has 2 unspecified atom stereocenters. The van der Waals surface area contributed by atoms with Gasteiger partial charge in [-0.15, -0.1) is 0 Å². The number of aliphatic carboxylic acids is 1. The van der Waals surface area contributed by atoms with Crippen LogP contribution in [0.1, 0.15) is 52.9 Å². The third-order valence-electron chi connectivity index (χ3n) is 4.15. The molecule has 3 nitrogen and oxygen atoms in total. The minimum absolute atomic E-state index is 0.318. The van der Waals surface area contributed by atoms with Crippen molar-refractivity contribution in [3.05, 3.63) is 0 Å². The third-order valence-corrected chi connectivity index (χ3v) is 4.15. The fourth-order valence-electron chi connectivity index (χ4n) is 2.78. The molecule has 0 radical (unpaired) electrons. The third kappa shape index (κ3) is 5.07. The molecule has 0 aliphatic carbocycles. The molecule has 1 saturated heterocycles. The molecule has 0 bridgehead atoms. The number of rotatable bonds is 7. The second-order valence-electron chi connectivity index (χ2n) is 5.75. The van der Waals surface area contributed by atoms with Crippen molar-refractivity contribution in [2.75, 3.05) is 13.1 Å². The lowest BCUT2D eigenvalue weighted by Gasteiger charge is -2.26. The van der Waals surface area contributed by atoms with Gasteiger partial charge in [-0.1, -0.05) is 13.8 Å². The highest BCUT2D eigenvalue weighted by atomic mass is 16.4. The number of carboxylic acid groups (broad SMARTS) is 1. The first kappa shape index (κ1) is 14.5. The van der Waals surface area contributed by atoms with Gasteiger partial charge in [-0.05, 0) is 57.5 Å². The maximum absolute atomic E-state index is 10.6. The lowest BCUT2D eigenvalue weighted by Crippen LogP contribution is -2.30. The standard InChI is InChI=1S/C14H27NO2/c1-11(2)13(6-7-14(16)17)8-10-15-9-4-5-12(15)3/h11-13H,4-10H2,1-3H3,(H,16,17). The highest BCUT2D eigenvalue weighted by Crippen LogP contribution is 2.24. The monoisotopic (exact) mass is 241 g/mol. The van der Waals surface area contributed by atoms with Gasteiger partial charge >= 0.3 is 5.97 Å². The van der Waals surface area contributed by atoms with Crippen molar-refractivity contribution in [3.8, 4) is 0 Å². The lowest BCUT2D eigenvalue weighted by atomic mass is 9.88. The van der Waals surface area contributed by atoms with E-state index in [1.165, 1.54) is 19.4 Å². The SMILES string of the molecule is CC(C)C(CCC(=O)O)CCN1CCCC1C. The molecular formula is C14H27NO2. The lowest BCUT2D eigenvalue weighted by molar-refractivity contribution is -0.137. The van der Waals surface area contributed by atoms with Crippen LogP contribution in [-0.4, -0.2) is 35.1 Å². The van der Waals surface area contributed by atoms with Gasteiger partial charge in [0.15, 0.2) is 0 Å². The predicted octanol–water partition coefficient (Wildman–Crippen LogP) is 3.00. The number of nitrogens with zero attached hydrogens (tertiary/aromatic N) is 1. The van der Waals surface area contributed by atoms with Crippen LogP contribution >= 0.6 is 0 Å². The van der Waals surface area contributed by atoms with Gasteiger partial charge in [-0.25, -0.2) is 0 Å². The highest BCUT2D eigenvalue weighted by molar-refractivity contribution is 5.66. The maximum Gasteiger partial charge on any atom is 0.303 e. The van der Waals surface area contributed by atoms with Crippen LogP contribution in [0.15, 0.2) is 0 Å². The van der Waals surface area contributed by atoms with Gasteiger partial charge in [0.1, 0.15) is 0 Å². The normalized spacial score (nSPS) is 23.2. The molecule has 0 aromatic carbocycles. The van der Waals surface area contributed by atoms with Crippen LogP contribution in [0, 0.1) is 11.8 Å². The van der Waals surface area contributed by atoms with E-state index >= 15 is 0 Å². The number of hydrogen-bond donors (Lipinski definition) is 1. The van der Waals surface area contributed by atoms with Crippen molar-refractivity contribution >= 4 is 5.97 Å². The molecule has 100 valence electrons. The fourth-order valence-corrected chi connectivity index (χ4v) is 2.78. The first-order valence-corrected chi connectivity index (χ1v) is 6.96. The molecule has 1 fully saturated rings. The zero-order valence-corrected chi connectivity index (χ0v) is 11.5. The van der Waals surface area contributed by atoms with E-state index in [1.54, 1.807) is 0 Å². The Balaban J connectivity index is 2.30. The van der Waals surface area contributed by atoms with E-state index in [1.807, 2.05) is 0 Å². The summed E-state index contributed by atoms with van der Waals surface area (Å²) in [6.45, 7) is 9.09. The number of hydrogen-bond acceptors (Lipinski definition) is 2. The molecule has 0 saturated carbocycles. The van der Waals surface area contributed by atoms with Crippen molar-refractivity contribution in [1.82, 2.24) is 4.90 Å². The van der Waals surface area contributed by atoms with E-state index in [9.17, 15) is 4.79 Å². The Morgan fingerprint density at radius 3 is 2.59 bits per heavy atom. The van der Waals surface area contributed by atoms with E-state index in [-0.39, 0.29) is 0 Å². The maximum atomic E-state index is 10.6. The summed E-state index contributed by atoms with van der Waals surface area (Å²) in [5, 5.41) is 8.76. The van der Waals surface area contributed by atoms with Crippen molar-refractivity contribution in [3.63, 3.8) is 0 Å². The van der Waals surface area contributed by atoms with E-state index in [0.29, 0.717) is 18.3 Å². The molecule has 2 atom stereocenters. The Labute approximate surface area is 105 Å². The number of likely N-dealkylation sites (tertiary alicyclic amines) is 1. The predicted molar refractivity (Wildman–Crippen MR) is 70.1 cm³/mol. The minimum Gasteiger partial charge on any atom is -0.481 e. The van der Waals surface area contributed by atoms with Gasteiger partial charge in [0, 0.05) is 12.5 Å². The average molecular weight is 241 g/mol. The Hall–Kier alpha value is -0.570. The summed E-state index contributed by atoms with van der Waals surface area (Å²) < 4.78 is 0. The van der Waals surface area contributed by atoms with Crippen LogP contribution in [0.3, 0.4) is 0 Å². The molecule has 1 aliphatic heterocycles. The molecule has 3 heteroatoms. The zero-order valence-electron chi connectivity index (χ0n) is 11.5. The Kier molecular flexibility index (Phi) is 5.96. The summed E-state index contributed by atoms with van der Waals surface area (Å²) in [7, 11) is 0. The van der Waals surface area contributed by atoms with Crippen LogP contribution < -0.4 is 0 Å². The van der Waals surface area contributed by atoms with Gasteiger partial charge in [-0.2, -0.15) is 0 Å². The van der Waals surface area contributed by atoms with Gasteiger partial charge < -0.3 is 10.0 Å². The van der Waals surface area contributed by atoms with E-state index in [0.717, 1.165) is 25.4 Å². The Bertz CT molecular complexity index is 240. The van der Waals surface area contributed by atoms with Crippen LogP contribution in [0.2, 0.25) is 0 Å². The number of carboxylic acids is 1. The van der Waals surface area contributed by atoms with Crippen LogP contribution in [0.5, 0.6) is 0 Å². The van der Waals surface area contributed by atoms with Crippen molar-refractivity contribution < 1.29 is 9.90 Å². The molecular weight excluding hydrogens is 214 g/mol. The Morgan fingerprint density at radius 1 is 1.41 bits per heavy atom. The summed E-state index contributed by atoms with van der Waals surface area (Å²) in [5.41, 5.74) is 0. The second-order valence-corrected chi connectivity index (χ2v) is 5.75. The largest absolute Gasteiger partial charge is 0.481 e. The van der Waals surface area contributed by atoms with Crippen LogP contribution in [-0.2, 0) is 4.79 Å². The fraction of sp³-hybridized carbons (Fsp3) is 0.929. The molecule has 1 heterocycles. The smallest absolute Gasteiger partial charge is 0.303 e. The van der Waals surface area contributed by atoms with Crippen LogP contribution in [0.4, 0.5) is 0 Å². The van der Waals surface area contributed by atoms with Crippen molar-refractivity contribution in [2.45, 2.75) is 58.9 Å². The van der Waals surface area contributed by atoms with Crippen molar-refractivity contribution in [1.29, 1.82) is 0 Å². The van der Waals surface area contributed by atoms with E-state index in [2.05, 4.69) is 25.7 Å². The summed E-state index contributed by atoms with van der Waals surface area (Å²) in [4.78, 5) is 13.2. The summed E-state index contributed by atoms with van der Waals surface area (Å²) in [6.07, 6.45) is 4.94. The van der Waals surface area contributed by atoms with Gasteiger partial charge in [-0.3, -0.25) is 4.79 Å². The quantitative estimate of drug-likeness (QED) is 0.745. The molecule has 0 aromatic heterocycles. The molecule has 1 aliphatic rings. The van der Waals surface area contributed by atoms with Crippen LogP contribution in [0.25, 0.3) is 0 Å². The number of carbonyl (C=O) groups is 1. The minimum atomic E-state index is -0.662. The molecule has 0 amide bonds. The van der Waals surface area contributed by atoms with E-state index < -0.39 is 5.97 Å². The molecule has 0 aromatic rings. The summed E-state index contributed by atoms with van der Waals surface area (Å²) in [5.74, 6) is 0.483. The van der Waals surface area contributed by atoms with Gasteiger partial charge in [0.05, 0.1) is 0 Å². The summed E-state index contributed by atoms with van der Waals surface area (Å²) >= 11 is 0. The average Bonchev–Trinajstić information content (AvgIpc) is 2.63. The topological polar surface area (TPSA) is 40.5 Å². The zero-order chi connectivity index (χ0) is 12.8.